The number of nitrogens with zero attached hydrogens (tertiary/aromatic N) is 4. The molecule has 600 valence electrons. The van der Waals surface area contributed by atoms with Crippen molar-refractivity contribution in [2.75, 3.05) is 13.2 Å². The molecule has 0 fully saturated rings. The van der Waals surface area contributed by atoms with E-state index >= 15 is 0 Å². The predicted molar refractivity (Wildman–Crippen MR) is 318 cm³/mol. The zero-order chi connectivity index (χ0) is 77.9. The number of hydrogen-bond donors (Lipinski definition) is 6. The van der Waals surface area contributed by atoms with Crippen molar-refractivity contribution < 1.29 is 236 Å². The third-order valence-electron chi connectivity index (χ3n) is 11.3. The third kappa shape index (κ3) is 40.3. The fourth-order valence-electron chi connectivity index (χ4n) is 6.61. The van der Waals surface area contributed by atoms with Gasteiger partial charge in [-0.15, -0.1) is 126 Å². The first-order chi connectivity index (χ1) is 46.9. The van der Waals surface area contributed by atoms with Crippen molar-refractivity contribution in [1.82, 2.24) is 15.0 Å². The summed E-state index contributed by atoms with van der Waals surface area (Å²) < 4.78 is 288. The van der Waals surface area contributed by atoms with Gasteiger partial charge >= 0.3 is 55.2 Å². The Labute approximate surface area is 648 Å². The van der Waals surface area contributed by atoms with E-state index < -0.39 is 120 Å². The van der Waals surface area contributed by atoms with Gasteiger partial charge in [0.2, 0.25) is 0 Å². The number of carbonyl (C=O) groups is 2. The van der Waals surface area contributed by atoms with Crippen LogP contribution in [0, 0.1) is 41.7 Å². The zero-order valence-electron chi connectivity index (χ0n) is 52.8. The number of pyridine rings is 3. The van der Waals surface area contributed by atoms with Crippen molar-refractivity contribution >= 4 is 40.1 Å². The maximum atomic E-state index is 13.5. The summed E-state index contributed by atoms with van der Waals surface area (Å²) in [7, 11) is 0. The summed E-state index contributed by atoms with van der Waals surface area (Å²) in [6.45, 7) is 3.32. The molecule has 1 aliphatic heterocycles. The van der Waals surface area contributed by atoms with Crippen molar-refractivity contribution in [2.45, 2.75) is 82.2 Å². The SMILES string of the molecule is CCOC(O)CC(C)O.FC(F)(F)c1cc[c-]c(-c2ccc3ccccc3n2)c1.Fc1c[c-]c(-c2ccc(C(F)(F)F)cn2)cc1.Fc1c[c-]c(-c2ccc(C(F)(F)F)cn2)cc1.Fc1ccc[c-]c1C1=C(Cl)C=C(C(F)(F)F)C[N-]1.O.O=C(O)C(F)(F)F.O=C(O)C(F)(F)F.OC(O)C(F)(F)F.[Ir].[Ir].[Ir].[Ir]. The molecule has 0 amide bonds. The Hall–Kier alpha value is -7.00. The smallest absolute Gasteiger partial charge is 0.490 e. The van der Waals surface area contributed by atoms with E-state index in [0.29, 0.717) is 40.4 Å². The van der Waals surface area contributed by atoms with Crippen LogP contribution in [0.2, 0.25) is 0 Å². The summed E-state index contributed by atoms with van der Waals surface area (Å²) in [6, 6.07) is 40.7. The maximum absolute atomic E-state index is 13.5. The van der Waals surface area contributed by atoms with Gasteiger partial charge in [0, 0.05) is 129 Å². The summed E-state index contributed by atoms with van der Waals surface area (Å²) in [5.41, 5.74) is -0.129. The Morgan fingerprint density at radius 3 is 1.34 bits per heavy atom. The van der Waals surface area contributed by atoms with E-state index in [4.69, 9.17) is 56.6 Å². The minimum atomic E-state index is -5.08. The van der Waals surface area contributed by atoms with Crippen LogP contribution in [0.5, 0.6) is 0 Å². The van der Waals surface area contributed by atoms with Crippen LogP contribution >= 0.6 is 11.6 Å². The first-order valence-corrected chi connectivity index (χ1v) is 27.6. The van der Waals surface area contributed by atoms with Crippen LogP contribution in [0.4, 0.5) is 105 Å². The molecular weight excluding hydrogens is 2240 g/mol. The summed E-state index contributed by atoms with van der Waals surface area (Å²) >= 11 is 5.71. The van der Waals surface area contributed by atoms with Crippen LogP contribution in [0.3, 0.4) is 0 Å². The van der Waals surface area contributed by atoms with Crippen LogP contribution in [0.25, 0.3) is 55.7 Å². The van der Waals surface area contributed by atoms with E-state index in [1.165, 1.54) is 60.7 Å². The molecule has 0 saturated carbocycles. The minimum Gasteiger partial charge on any atom is -0.723 e. The first kappa shape index (κ1) is 106. The topological polar surface area (TPSA) is 249 Å². The molecule has 0 saturated heterocycles. The first-order valence-electron chi connectivity index (χ1n) is 27.3. The van der Waals surface area contributed by atoms with E-state index in [1.807, 2.05) is 30.3 Å². The molecule has 3 aromatic heterocycles. The van der Waals surface area contributed by atoms with Gasteiger partial charge in [-0.3, -0.25) is 18.2 Å². The molecule has 107 heavy (non-hydrogen) atoms. The molecule has 0 bridgehead atoms. The van der Waals surface area contributed by atoms with Crippen LogP contribution in [-0.2, 0) is 113 Å². The van der Waals surface area contributed by atoms with Gasteiger partial charge < -0.3 is 56.1 Å². The van der Waals surface area contributed by atoms with Gasteiger partial charge in [0.1, 0.15) is 0 Å². The van der Waals surface area contributed by atoms with E-state index in [1.54, 1.807) is 19.9 Å². The second-order valence-corrected chi connectivity index (χ2v) is 19.6. The number of aromatic nitrogens is 3. The summed E-state index contributed by atoms with van der Waals surface area (Å²) in [5.74, 6) is -7.06. The van der Waals surface area contributed by atoms with Gasteiger partial charge in [-0.2, -0.15) is 92.2 Å². The van der Waals surface area contributed by atoms with Gasteiger partial charge in [-0.05, 0) is 59.1 Å². The number of ether oxygens (including phenoxy) is 1. The number of fused-ring (bicyclic) bond motifs is 1. The molecule has 0 aliphatic carbocycles. The van der Waals surface area contributed by atoms with Gasteiger partial charge in [-0.25, -0.2) is 15.3 Å². The van der Waals surface area contributed by atoms with Crippen molar-refractivity contribution in [3.05, 3.63) is 232 Å². The monoisotopic (exact) mass is 2300 g/mol. The Morgan fingerprint density at radius 2 is 0.991 bits per heavy atom. The number of alkyl halides is 21. The number of halogens is 25. The summed E-state index contributed by atoms with van der Waals surface area (Å²) in [6.07, 6.45) is -34.7. The number of aliphatic hydroxyl groups excluding tert-OH is 3. The Morgan fingerprint density at radius 1 is 0.551 bits per heavy atom. The number of para-hydroxylation sites is 1. The maximum Gasteiger partial charge on any atom is 0.490 e. The van der Waals surface area contributed by atoms with Crippen molar-refractivity contribution in [3.63, 3.8) is 0 Å². The van der Waals surface area contributed by atoms with E-state index in [2.05, 4.69) is 44.5 Å². The molecule has 0 spiro atoms. The van der Waals surface area contributed by atoms with Crippen molar-refractivity contribution in [2.24, 2.45) is 0 Å². The second kappa shape index (κ2) is 47.8. The minimum absolute atomic E-state index is 0. The summed E-state index contributed by atoms with van der Waals surface area (Å²) in [5, 5.41) is 50.8. The van der Waals surface area contributed by atoms with Crippen LogP contribution in [0.15, 0.2) is 163 Å². The Kier molecular flexibility index (Phi) is 47.5. The van der Waals surface area contributed by atoms with Crippen molar-refractivity contribution in [3.8, 4) is 33.8 Å². The van der Waals surface area contributed by atoms with Crippen LogP contribution < -0.4 is 0 Å². The van der Waals surface area contributed by atoms with Gasteiger partial charge in [-0.1, -0.05) is 66.2 Å². The van der Waals surface area contributed by atoms with Gasteiger partial charge in [0.25, 0.3) is 6.29 Å². The number of allylic oxidation sites excluding steroid dienone is 2. The molecule has 1 aliphatic rings. The van der Waals surface area contributed by atoms with Crippen LogP contribution in [-0.4, -0.2) is 120 Å². The molecule has 2 unspecified atom stereocenters. The Balaban J connectivity index is -0.000000581. The average molecular weight is 2290 g/mol. The zero-order valence-corrected chi connectivity index (χ0v) is 63.1. The van der Waals surface area contributed by atoms with E-state index in [-0.39, 0.29) is 109 Å². The van der Waals surface area contributed by atoms with E-state index in [9.17, 15) is 105 Å². The number of carboxylic acids is 2. The fourth-order valence-corrected chi connectivity index (χ4v) is 6.89. The largest absolute Gasteiger partial charge is 0.723 e. The molecule has 4 heterocycles. The van der Waals surface area contributed by atoms with Gasteiger partial charge in [0.05, 0.1) is 22.7 Å². The normalized spacial score (nSPS) is 12.4. The number of benzene rings is 5. The van der Waals surface area contributed by atoms with Crippen molar-refractivity contribution in [1.29, 1.82) is 0 Å². The molecule has 14 nitrogen and oxygen atoms in total. The number of hydrogen-bond acceptors (Lipinski definition) is 10. The molecule has 9 rings (SSSR count). The third-order valence-corrected chi connectivity index (χ3v) is 11.6. The van der Waals surface area contributed by atoms with Crippen LogP contribution in [0.1, 0.15) is 42.5 Å². The molecule has 5 aromatic carbocycles. The molecular formula is C64H48ClF24Ir4N4O10-5. The molecule has 8 N–H and O–H groups in total. The number of aliphatic carboxylic acids is 2. The molecule has 8 aromatic rings. The molecule has 43 heteroatoms. The standard InChI is InChI=1S/C16H9F3N.C12H6ClF4N.2C12H6F4N.C6H14O3.C2H3F3O2.2C2HF3O2.4Ir.H2O/c17-16(18,19)13-6-3-5-12(10-13)15-9-8-11-4-1-2-7-14(11)20-15;13-9-5-7(12(15,16)17)6-18-11(9)8-3-1-2-4-10(8)14;2*13-10-4-1-8(2-5-10)11-6-3-9(7-17-11)12(14,15)16;1-3-9-6(8)4-5(2)7;3*3-2(4,5)1(6)7;;;;;/h1-4,6-10H;1-2,4-5H,6H2;2*1,3-7H;5-8H,3-4H2,1-2H3;1,6-7H;2*(H,6,7);;;;;1H2/q-1;-2;2*-1;;;;;;;;;. The summed E-state index contributed by atoms with van der Waals surface area (Å²) in [4.78, 5) is 29.5. The molecule has 2 atom stereocenters. The second-order valence-electron chi connectivity index (χ2n) is 19.2. The molecule has 4 radical (unpaired) electrons. The Bertz CT molecular complexity index is 3860. The number of carboxylic acid groups (broad SMARTS) is 2. The fraction of sp³-hybridized carbons (Fsp3) is 0.234. The number of aliphatic hydroxyl groups is 4. The van der Waals surface area contributed by atoms with E-state index in [0.717, 1.165) is 65.8 Å². The quantitative estimate of drug-likeness (QED) is 0.0472. The number of rotatable bonds is 8. The predicted octanol–water partition coefficient (Wildman–Crippen LogP) is 16.9. The average Bonchev–Trinajstić information content (AvgIpc) is 0.821. The van der Waals surface area contributed by atoms with Gasteiger partial charge in [0.15, 0.2) is 6.29 Å².